The summed E-state index contributed by atoms with van der Waals surface area (Å²) in [6.07, 6.45) is 6.67. The number of nitriles is 1. The van der Waals surface area contributed by atoms with Gasteiger partial charge in [-0.25, -0.2) is 0 Å². The number of hydrogen-bond donors (Lipinski definition) is 2. The number of furan rings is 1. The molecule has 0 spiro atoms. The first-order chi connectivity index (χ1) is 21.1. The van der Waals surface area contributed by atoms with E-state index in [1.165, 1.54) is 0 Å². The quantitative estimate of drug-likeness (QED) is 0.258. The van der Waals surface area contributed by atoms with E-state index in [0.29, 0.717) is 65.2 Å². The number of carbonyl (C=O) groups is 1. The molecule has 0 radical (unpaired) electrons. The highest BCUT2D eigenvalue weighted by Crippen LogP contribution is 2.38. The molecule has 2 aliphatic rings. The lowest BCUT2D eigenvalue weighted by Crippen LogP contribution is -2.31. The van der Waals surface area contributed by atoms with E-state index in [1.807, 2.05) is 36.4 Å². The van der Waals surface area contributed by atoms with Crippen LogP contribution in [0.4, 0.5) is 0 Å². The van der Waals surface area contributed by atoms with E-state index in [-0.39, 0.29) is 12.0 Å². The van der Waals surface area contributed by atoms with Gasteiger partial charge in [0, 0.05) is 42.8 Å². The van der Waals surface area contributed by atoms with Crippen LogP contribution in [0.3, 0.4) is 0 Å². The first-order valence-corrected chi connectivity index (χ1v) is 15.0. The number of pyridine rings is 1. The summed E-state index contributed by atoms with van der Waals surface area (Å²) in [6.45, 7) is 4.09. The standard InChI is InChI=1S/C34H36N4O5/c1-40-31-19-24(34(39)38-14-8-22-6-12-36-13-7-22)2-4-28(31)32-20-29-33(43-32)27(9-15-37-29)23-3-5-30(25(18-23)21-35)42-26-10-16-41-17-11-26/h2-5,9,15,18-20,22,26,36H,6-8,10-14,16-17H2,1H3,(H,38,39). The molecule has 2 saturated heterocycles. The van der Waals surface area contributed by atoms with Gasteiger partial charge in [0.1, 0.15) is 34.9 Å². The van der Waals surface area contributed by atoms with Gasteiger partial charge in [0.15, 0.2) is 5.58 Å². The third-order valence-electron chi connectivity index (χ3n) is 8.31. The lowest BCUT2D eigenvalue weighted by atomic mass is 9.95. The second-order valence-corrected chi connectivity index (χ2v) is 11.1. The van der Waals surface area contributed by atoms with Crippen molar-refractivity contribution in [3.63, 3.8) is 0 Å². The van der Waals surface area contributed by atoms with Gasteiger partial charge >= 0.3 is 0 Å². The predicted molar refractivity (Wildman–Crippen MR) is 163 cm³/mol. The molecule has 4 heterocycles. The highest BCUT2D eigenvalue weighted by Gasteiger charge is 2.20. The Bertz CT molecular complexity index is 1630. The van der Waals surface area contributed by atoms with Crippen LogP contribution in [-0.2, 0) is 4.74 Å². The molecule has 1 amide bonds. The Balaban J connectivity index is 1.22. The number of piperidine rings is 1. The van der Waals surface area contributed by atoms with Crippen molar-refractivity contribution < 1.29 is 23.4 Å². The summed E-state index contributed by atoms with van der Waals surface area (Å²) in [5.74, 6) is 2.21. The zero-order chi connectivity index (χ0) is 29.6. The second-order valence-electron chi connectivity index (χ2n) is 11.1. The Labute approximate surface area is 251 Å². The molecule has 0 saturated carbocycles. The minimum absolute atomic E-state index is 0.0405. The molecule has 43 heavy (non-hydrogen) atoms. The number of nitrogens with zero attached hydrogens (tertiary/aromatic N) is 2. The summed E-state index contributed by atoms with van der Waals surface area (Å²) in [5.41, 5.74) is 4.63. The molecule has 9 nitrogen and oxygen atoms in total. The molecule has 9 heteroatoms. The van der Waals surface area contributed by atoms with E-state index in [0.717, 1.165) is 61.9 Å². The number of ether oxygens (including phenoxy) is 3. The van der Waals surface area contributed by atoms with E-state index in [1.54, 1.807) is 25.4 Å². The summed E-state index contributed by atoms with van der Waals surface area (Å²) < 4.78 is 23.6. The molecular formula is C34H36N4O5. The number of hydrogen-bond acceptors (Lipinski definition) is 8. The topological polar surface area (TPSA) is 119 Å². The smallest absolute Gasteiger partial charge is 0.251 e. The summed E-state index contributed by atoms with van der Waals surface area (Å²) in [6, 6.07) is 17.0. The number of rotatable bonds is 9. The van der Waals surface area contributed by atoms with Gasteiger partial charge in [-0.1, -0.05) is 6.07 Å². The van der Waals surface area contributed by atoms with Gasteiger partial charge in [-0.05, 0) is 80.2 Å². The maximum Gasteiger partial charge on any atom is 0.251 e. The molecule has 2 aromatic heterocycles. The molecule has 2 aromatic carbocycles. The van der Waals surface area contributed by atoms with Crippen molar-refractivity contribution in [2.24, 2.45) is 5.92 Å². The van der Waals surface area contributed by atoms with Gasteiger partial charge in [0.25, 0.3) is 5.91 Å². The number of methoxy groups -OCH3 is 1. The molecule has 2 aliphatic heterocycles. The van der Waals surface area contributed by atoms with Crippen LogP contribution in [0.2, 0.25) is 0 Å². The van der Waals surface area contributed by atoms with Crippen molar-refractivity contribution in [1.29, 1.82) is 5.26 Å². The lowest BCUT2D eigenvalue weighted by Gasteiger charge is -2.23. The van der Waals surface area contributed by atoms with Crippen LogP contribution >= 0.6 is 0 Å². The van der Waals surface area contributed by atoms with Gasteiger partial charge in [-0.3, -0.25) is 9.78 Å². The van der Waals surface area contributed by atoms with Crippen molar-refractivity contribution in [3.05, 3.63) is 65.9 Å². The van der Waals surface area contributed by atoms with Crippen LogP contribution in [0.25, 0.3) is 33.6 Å². The van der Waals surface area contributed by atoms with Gasteiger partial charge in [-0.15, -0.1) is 0 Å². The van der Waals surface area contributed by atoms with E-state index >= 15 is 0 Å². The number of carbonyl (C=O) groups excluding carboxylic acids is 1. The summed E-state index contributed by atoms with van der Waals surface area (Å²) >= 11 is 0. The predicted octanol–water partition coefficient (Wildman–Crippen LogP) is 5.72. The molecular weight excluding hydrogens is 544 g/mol. The fraction of sp³-hybridized carbons (Fsp3) is 0.382. The Morgan fingerprint density at radius 1 is 1.05 bits per heavy atom. The van der Waals surface area contributed by atoms with E-state index in [9.17, 15) is 10.1 Å². The Morgan fingerprint density at radius 3 is 2.67 bits per heavy atom. The number of fused-ring (bicyclic) bond motifs is 1. The first-order valence-electron chi connectivity index (χ1n) is 15.0. The third kappa shape index (κ3) is 6.51. The third-order valence-corrected chi connectivity index (χ3v) is 8.31. The minimum atomic E-state index is -0.120. The van der Waals surface area contributed by atoms with Crippen LogP contribution < -0.4 is 20.1 Å². The van der Waals surface area contributed by atoms with Gasteiger partial charge in [0.05, 0.1) is 31.5 Å². The molecule has 222 valence electrons. The number of aromatic nitrogens is 1. The largest absolute Gasteiger partial charge is 0.496 e. The maximum absolute atomic E-state index is 12.9. The molecule has 2 fully saturated rings. The van der Waals surface area contributed by atoms with Crippen molar-refractivity contribution in [2.75, 3.05) is 40.0 Å². The minimum Gasteiger partial charge on any atom is -0.496 e. The Kier molecular flexibility index (Phi) is 8.87. The maximum atomic E-state index is 12.9. The number of amides is 1. The van der Waals surface area contributed by atoms with E-state index in [4.69, 9.17) is 18.6 Å². The molecule has 2 N–H and O–H groups in total. The Morgan fingerprint density at radius 2 is 1.88 bits per heavy atom. The van der Waals surface area contributed by atoms with E-state index in [2.05, 4.69) is 21.7 Å². The first kappa shape index (κ1) is 28.7. The fourth-order valence-electron chi connectivity index (χ4n) is 5.86. The number of nitrogens with one attached hydrogen (secondary N) is 2. The van der Waals surface area contributed by atoms with Crippen LogP contribution in [0.1, 0.15) is 48.0 Å². The van der Waals surface area contributed by atoms with Crippen LogP contribution in [0.15, 0.2) is 59.1 Å². The normalized spacial score (nSPS) is 16.1. The molecule has 0 bridgehead atoms. The summed E-state index contributed by atoms with van der Waals surface area (Å²) in [7, 11) is 1.58. The van der Waals surface area contributed by atoms with Crippen LogP contribution in [0, 0.1) is 17.2 Å². The molecule has 4 aromatic rings. The molecule has 6 rings (SSSR count). The zero-order valence-electron chi connectivity index (χ0n) is 24.4. The van der Waals surface area contributed by atoms with Crippen molar-refractivity contribution in [3.8, 4) is 40.0 Å². The highest BCUT2D eigenvalue weighted by molar-refractivity contribution is 5.96. The van der Waals surface area contributed by atoms with Gasteiger partial charge < -0.3 is 29.3 Å². The molecule has 0 atom stereocenters. The monoisotopic (exact) mass is 580 g/mol. The van der Waals surface area contributed by atoms with Crippen molar-refractivity contribution in [1.82, 2.24) is 15.6 Å². The van der Waals surface area contributed by atoms with E-state index < -0.39 is 0 Å². The second kappa shape index (κ2) is 13.3. The van der Waals surface area contributed by atoms with Crippen molar-refractivity contribution >= 4 is 17.0 Å². The Hall–Kier alpha value is -4.39. The van der Waals surface area contributed by atoms with Crippen LogP contribution in [-0.4, -0.2) is 57.0 Å². The lowest BCUT2D eigenvalue weighted by molar-refractivity contribution is 0.0254. The average Bonchev–Trinajstić information content (AvgIpc) is 3.50. The number of benzene rings is 2. The molecule has 0 unspecified atom stereocenters. The summed E-state index contributed by atoms with van der Waals surface area (Å²) in [4.78, 5) is 17.4. The van der Waals surface area contributed by atoms with Gasteiger partial charge in [0.2, 0.25) is 0 Å². The zero-order valence-corrected chi connectivity index (χ0v) is 24.4. The SMILES string of the molecule is COc1cc(C(=O)NCCC2CCNCC2)ccc1-c1cc2nccc(-c3ccc(OC4CCOCC4)c(C#N)c3)c2o1. The van der Waals surface area contributed by atoms with Crippen molar-refractivity contribution in [2.45, 2.75) is 38.2 Å². The van der Waals surface area contributed by atoms with Crippen LogP contribution in [0.5, 0.6) is 11.5 Å². The summed E-state index contributed by atoms with van der Waals surface area (Å²) in [5, 5.41) is 16.3. The van der Waals surface area contributed by atoms with Gasteiger partial charge in [-0.2, -0.15) is 5.26 Å². The molecule has 0 aliphatic carbocycles. The highest BCUT2D eigenvalue weighted by atomic mass is 16.5. The average molecular weight is 581 g/mol. The fourth-order valence-corrected chi connectivity index (χ4v) is 5.86.